The Bertz CT molecular complexity index is 403. The minimum Gasteiger partial charge on any atom is -0.367 e. The van der Waals surface area contributed by atoms with E-state index in [0.717, 1.165) is 45.0 Å². The molecule has 1 aromatic carbocycles. The van der Waals surface area contributed by atoms with E-state index in [2.05, 4.69) is 22.0 Å². The van der Waals surface area contributed by atoms with E-state index in [-0.39, 0.29) is 5.82 Å². The van der Waals surface area contributed by atoms with Gasteiger partial charge in [0.15, 0.2) is 0 Å². The van der Waals surface area contributed by atoms with Gasteiger partial charge >= 0.3 is 0 Å². The number of piperazine rings is 1. The summed E-state index contributed by atoms with van der Waals surface area (Å²) < 4.78 is 13.8. The van der Waals surface area contributed by atoms with Gasteiger partial charge in [0, 0.05) is 26.2 Å². The summed E-state index contributed by atoms with van der Waals surface area (Å²) in [5.74, 6) is -0.102. The first-order chi connectivity index (χ1) is 10.3. The Kier molecular flexibility index (Phi) is 6.96. The van der Waals surface area contributed by atoms with E-state index in [1.54, 1.807) is 12.1 Å². The van der Waals surface area contributed by atoms with E-state index in [0.29, 0.717) is 0 Å². The molecule has 4 heteroatoms. The lowest BCUT2D eigenvalue weighted by atomic mass is 10.2. The Morgan fingerprint density at radius 3 is 2.52 bits per heavy atom. The van der Waals surface area contributed by atoms with Crippen molar-refractivity contribution in [1.82, 2.24) is 10.2 Å². The van der Waals surface area contributed by atoms with Gasteiger partial charge in [0.25, 0.3) is 0 Å². The molecule has 21 heavy (non-hydrogen) atoms. The highest BCUT2D eigenvalue weighted by atomic mass is 19.1. The van der Waals surface area contributed by atoms with Crippen molar-refractivity contribution in [2.45, 2.75) is 26.2 Å². The highest BCUT2D eigenvalue weighted by molar-refractivity contribution is 5.47. The Hall–Kier alpha value is -1.13. The van der Waals surface area contributed by atoms with Crippen LogP contribution in [-0.2, 0) is 0 Å². The fourth-order valence-corrected chi connectivity index (χ4v) is 2.86. The van der Waals surface area contributed by atoms with Gasteiger partial charge in [-0.05, 0) is 44.6 Å². The number of nitrogens with one attached hydrogen (secondary N) is 1. The highest BCUT2D eigenvalue weighted by Gasteiger charge is 2.18. The molecule has 0 amide bonds. The molecule has 1 N–H and O–H groups in total. The minimum atomic E-state index is -0.102. The van der Waals surface area contributed by atoms with Crippen LogP contribution in [0, 0.1) is 5.82 Å². The largest absolute Gasteiger partial charge is 0.367 e. The van der Waals surface area contributed by atoms with Crippen molar-refractivity contribution in [3.63, 3.8) is 0 Å². The summed E-state index contributed by atoms with van der Waals surface area (Å²) in [5, 5.41) is 3.36. The third kappa shape index (κ3) is 5.29. The average Bonchev–Trinajstić information content (AvgIpc) is 2.52. The van der Waals surface area contributed by atoms with Crippen LogP contribution in [0.3, 0.4) is 0 Å². The molecule has 2 rings (SSSR count). The van der Waals surface area contributed by atoms with Crippen LogP contribution >= 0.6 is 0 Å². The van der Waals surface area contributed by atoms with E-state index in [1.165, 1.54) is 25.8 Å². The Morgan fingerprint density at radius 1 is 1.05 bits per heavy atom. The molecule has 1 heterocycles. The summed E-state index contributed by atoms with van der Waals surface area (Å²) in [6, 6.07) is 7.09. The second kappa shape index (κ2) is 9.00. The van der Waals surface area contributed by atoms with Crippen LogP contribution in [0.2, 0.25) is 0 Å². The number of halogens is 1. The van der Waals surface area contributed by atoms with Gasteiger partial charge in [-0.3, -0.25) is 4.90 Å². The first-order valence-corrected chi connectivity index (χ1v) is 8.24. The molecule has 1 fully saturated rings. The maximum Gasteiger partial charge on any atom is 0.146 e. The summed E-state index contributed by atoms with van der Waals surface area (Å²) in [6.45, 7) is 9.47. The molecule has 0 saturated carbocycles. The third-order valence-corrected chi connectivity index (χ3v) is 4.14. The molecule has 0 unspecified atom stereocenters. The third-order valence-electron chi connectivity index (χ3n) is 4.14. The van der Waals surface area contributed by atoms with Crippen LogP contribution in [0.5, 0.6) is 0 Å². The number of anilines is 1. The van der Waals surface area contributed by atoms with Crippen LogP contribution in [0.25, 0.3) is 0 Å². The van der Waals surface area contributed by atoms with Gasteiger partial charge in [0.2, 0.25) is 0 Å². The number of hydrogen-bond donors (Lipinski definition) is 1. The zero-order valence-corrected chi connectivity index (χ0v) is 13.2. The highest BCUT2D eigenvalue weighted by Crippen LogP contribution is 2.20. The van der Waals surface area contributed by atoms with Gasteiger partial charge < -0.3 is 10.2 Å². The second-order valence-corrected chi connectivity index (χ2v) is 5.69. The van der Waals surface area contributed by atoms with Gasteiger partial charge in [-0.1, -0.05) is 25.5 Å². The van der Waals surface area contributed by atoms with Crippen LogP contribution in [0.4, 0.5) is 10.1 Å². The molecule has 0 atom stereocenters. The monoisotopic (exact) mass is 293 g/mol. The molecule has 0 aromatic heterocycles. The second-order valence-electron chi connectivity index (χ2n) is 5.69. The number of hydrogen-bond acceptors (Lipinski definition) is 3. The Labute approximate surface area is 128 Å². The van der Waals surface area contributed by atoms with E-state index >= 15 is 0 Å². The maximum atomic E-state index is 13.8. The number of nitrogens with zero attached hydrogens (tertiary/aromatic N) is 2. The molecule has 1 saturated heterocycles. The lowest BCUT2D eigenvalue weighted by Gasteiger charge is -2.36. The average molecular weight is 293 g/mol. The smallest absolute Gasteiger partial charge is 0.146 e. The Morgan fingerprint density at radius 2 is 1.81 bits per heavy atom. The van der Waals surface area contributed by atoms with Gasteiger partial charge in [-0.15, -0.1) is 0 Å². The van der Waals surface area contributed by atoms with Crippen molar-refractivity contribution in [3.8, 4) is 0 Å². The summed E-state index contributed by atoms with van der Waals surface area (Å²) in [7, 11) is 0. The lowest BCUT2D eigenvalue weighted by Crippen LogP contribution is -2.46. The van der Waals surface area contributed by atoms with Crippen molar-refractivity contribution in [1.29, 1.82) is 0 Å². The van der Waals surface area contributed by atoms with Crippen molar-refractivity contribution < 1.29 is 4.39 Å². The van der Waals surface area contributed by atoms with E-state index in [1.807, 2.05) is 12.1 Å². The van der Waals surface area contributed by atoms with E-state index < -0.39 is 0 Å². The van der Waals surface area contributed by atoms with Gasteiger partial charge in [-0.2, -0.15) is 0 Å². The zero-order valence-electron chi connectivity index (χ0n) is 13.2. The molecule has 1 aliphatic heterocycles. The van der Waals surface area contributed by atoms with Crippen molar-refractivity contribution >= 4 is 5.69 Å². The first-order valence-electron chi connectivity index (χ1n) is 8.24. The number of unbranched alkanes of at least 4 members (excludes halogenated alkanes) is 2. The number of rotatable bonds is 8. The molecule has 0 aliphatic carbocycles. The topological polar surface area (TPSA) is 18.5 Å². The lowest BCUT2D eigenvalue weighted by molar-refractivity contribution is 0.251. The normalized spacial score (nSPS) is 16.4. The van der Waals surface area contributed by atoms with Crippen LogP contribution in [-0.4, -0.2) is 50.7 Å². The molecule has 1 aliphatic rings. The van der Waals surface area contributed by atoms with Crippen LogP contribution in [0.15, 0.2) is 24.3 Å². The SMILES string of the molecule is CCNCCCCCN1CCN(c2ccccc2F)CC1. The van der Waals surface area contributed by atoms with Crippen LogP contribution < -0.4 is 10.2 Å². The predicted octanol–water partition coefficient (Wildman–Crippen LogP) is 2.73. The van der Waals surface area contributed by atoms with Crippen molar-refractivity contribution in [2.24, 2.45) is 0 Å². The van der Waals surface area contributed by atoms with Gasteiger partial charge in [-0.25, -0.2) is 4.39 Å². The minimum absolute atomic E-state index is 0.102. The molecule has 1 aromatic rings. The maximum absolute atomic E-state index is 13.8. The van der Waals surface area contributed by atoms with Crippen LogP contribution in [0.1, 0.15) is 26.2 Å². The van der Waals surface area contributed by atoms with E-state index in [4.69, 9.17) is 0 Å². The van der Waals surface area contributed by atoms with Gasteiger partial charge in [0.1, 0.15) is 5.82 Å². The van der Waals surface area contributed by atoms with Gasteiger partial charge in [0.05, 0.1) is 5.69 Å². The molecule has 0 radical (unpaired) electrons. The Balaban J connectivity index is 1.63. The summed E-state index contributed by atoms with van der Waals surface area (Å²) in [4.78, 5) is 4.67. The van der Waals surface area contributed by atoms with E-state index in [9.17, 15) is 4.39 Å². The number of benzene rings is 1. The molecular formula is C17H28FN3. The predicted molar refractivity (Wildman–Crippen MR) is 87.4 cm³/mol. The standard InChI is InChI=1S/C17H28FN3/c1-2-19-10-6-3-7-11-20-12-14-21(15-13-20)17-9-5-4-8-16(17)18/h4-5,8-9,19H,2-3,6-7,10-15H2,1H3. The molecule has 3 nitrogen and oxygen atoms in total. The fourth-order valence-electron chi connectivity index (χ4n) is 2.86. The molecule has 118 valence electrons. The summed E-state index contributed by atoms with van der Waals surface area (Å²) in [6.07, 6.45) is 3.83. The zero-order chi connectivity index (χ0) is 14.9. The molecular weight excluding hydrogens is 265 g/mol. The summed E-state index contributed by atoms with van der Waals surface area (Å²) >= 11 is 0. The first kappa shape index (κ1) is 16.2. The quantitative estimate of drug-likeness (QED) is 0.744. The van der Waals surface area contributed by atoms with Crippen molar-refractivity contribution in [3.05, 3.63) is 30.1 Å². The molecule has 0 bridgehead atoms. The number of para-hydroxylation sites is 1. The molecule has 0 spiro atoms. The fraction of sp³-hybridized carbons (Fsp3) is 0.647. The summed E-state index contributed by atoms with van der Waals surface area (Å²) in [5.41, 5.74) is 0.753. The van der Waals surface area contributed by atoms with Crippen molar-refractivity contribution in [2.75, 3.05) is 50.7 Å².